The molecule has 1 amide bonds. The lowest BCUT2D eigenvalue weighted by atomic mass is 10.4. The summed E-state index contributed by atoms with van der Waals surface area (Å²) in [5.41, 5.74) is 5.16. The summed E-state index contributed by atoms with van der Waals surface area (Å²) in [5, 5.41) is 13.4. The Hall–Kier alpha value is -1.85. The van der Waals surface area contributed by atoms with Crippen molar-refractivity contribution < 1.29 is 4.79 Å². The molecule has 0 unspecified atom stereocenters. The number of nitrogens with zero attached hydrogens (tertiary/aromatic N) is 2. The van der Waals surface area contributed by atoms with Crippen LogP contribution in [0.2, 0.25) is 0 Å². The second-order valence-corrected chi connectivity index (χ2v) is 2.43. The summed E-state index contributed by atoms with van der Waals surface area (Å²) in [4.78, 5) is 10.9. The van der Waals surface area contributed by atoms with Crippen LogP contribution in [-0.4, -0.2) is 21.6 Å². The van der Waals surface area contributed by atoms with Gasteiger partial charge in [0.2, 0.25) is 11.9 Å². The monoisotopic (exact) mass is 181 g/mol. The van der Waals surface area contributed by atoms with E-state index < -0.39 is 0 Å². The van der Waals surface area contributed by atoms with Gasteiger partial charge in [0.25, 0.3) is 0 Å². The van der Waals surface area contributed by atoms with Crippen molar-refractivity contribution in [2.75, 3.05) is 5.32 Å². The normalized spacial score (nSPS) is 9.62. The van der Waals surface area contributed by atoms with Gasteiger partial charge in [-0.05, 0) is 0 Å². The Labute approximate surface area is 75.2 Å². The summed E-state index contributed by atoms with van der Waals surface area (Å²) in [6.45, 7) is 1.75. The molecular formula is C7H11N5O. The van der Waals surface area contributed by atoms with Gasteiger partial charge in [-0.3, -0.25) is 10.2 Å². The van der Waals surface area contributed by atoms with Gasteiger partial charge in [0.1, 0.15) is 0 Å². The minimum Gasteiger partial charge on any atom is -0.368 e. The second kappa shape index (κ2) is 3.70. The quantitative estimate of drug-likeness (QED) is 0.441. The molecule has 0 saturated heterocycles. The number of nitrogen functional groups attached to an aromatic ring is 1. The van der Waals surface area contributed by atoms with Crippen molar-refractivity contribution in [1.82, 2.24) is 9.78 Å². The van der Waals surface area contributed by atoms with Crippen molar-refractivity contribution in [2.45, 2.75) is 13.3 Å². The zero-order valence-electron chi connectivity index (χ0n) is 7.24. The second-order valence-electron chi connectivity index (χ2n) is 2.43. The molecule has 0 aliphatic heterocycles. The van der Waals surface area contributed by atoms with Crippen LogP contribution >= 0.6 is 0 Å². The molecule has 1 heterocycles. The summed E-state index contributed by atoms with van der Waals surface area (Å²) in [6, 6.07) is 1.58. The first kappa shape index (κ1) is 9.24. The van der Waals surface area contributed by atoms with Gasteiger partial charge in [-0.2, -0.15) is 0 Å². The van der Waals surface area contributed by atoms with E-state index in [-0.39, 0.29) is 11.9 Å². The Morgan fingerprint density at radius 3 is 3.00 bits per heavy atom. The highest BCUT2D eigenvalue weighted by Gasteiger charge is 2.02. The third kappa shape index (κ3) is 2.29. The number of amides is 1. The molecule has 6 heteroatoms. The fraction of sp³-hybridized carbons (Fsp3) is 0.286. The van der Waals surface area contributed by atoms with E-state index in [0.29, 0.717) is 12.2 Å². The number of carbonyl (C=O) groups excluding carboxylic acids is 1. The number of hydrogen-bond acceptors (Lipinski definition) is 3. The van der Waals surface area contributed by atoms with Crippen LogP contribution in [0.15, 0.2) is 12.3 Å². The lowest BCUT2D eigenvalue weighted by Crippen LogP contribution is -2.21. The van der Waals surface area contributed by atoms with Gasteiger partial charge in [0.05, 0.1) is 0 Å². The number of rotatable bonds is 2. The van der Waals surface area contributed by atoms with Crippen molar-refractivity contribution in [1.29, 1.82) is 5.41 Å². The highest BCUT2D eigenvalue weighted by Crippen LogP contribution is 2.01. The Kier molecular flexibility index (Phi) is 2.63. The Balaban J connectivity index is 2.69. The fourth-order valence-corrected chi connectivity index (χ4v) is 0.756. The number of anilines is 1. The van der Waals surface area contributed by atoms with Crippen molar-refractivity contribution in [3.63, 3.8) is 0 Å². The predicted molar refractivity (Wildman–Crippen MR) is 48.5 cm³/mol. The molecule has 0 fully saturated rings. The van der Waals surface area contributed by atoms with E-state index in [4.69, 9.17) is 11.1 Å². The molecule has 0 aromatic carbocycles. The van der Waals surface area contributed by atoms with Gasteiger partial charge in [-0.25, -0.2) is 4.68 Å². The van der Waals surface area contributed by atoms with Crippen LogP contribution in [0.3, 0.4) is 0 Å². The number of carbonyl (C=O) groups is 1. The average molecular weight is 181 g/mol. The first-order valence-electron chi connectivity index (χ1n) is 3.83. The summed E-state index contributed by atoms with van der Waals surface area (Å²) in [6.07, 6.45) is 1.90. The van der Waals surface area contributed by atoms with Gasteiger partial charge in [-0.15, -0.1) is 5.10 Å². The zero-order chi connectivity index (χ0) is 9.84. The highest BCUT2D eigenvalue weighted by atomic mass is 16.1. The van der Waals surface area contributed by atoms with Crippen molar-refractivity contribution in [2.24, 2.45) is 5.73 Å². The van der Waals surface area contributed by atoms with Gasteiger partial charge in [-0.1, -0.05) is 6.92 Å². The average Bonchev–Trinajstić information content (AvgIpc) is 2.52. The molecule has 0 bridgehead atoms. The molecule has 0 saturated carbocycles. The Bertz CT molecular complexity index is 329. The van der Waals surface area contributed by atoms with Crippen LogP contribution in [0.4, 0.5) is 5.82 Å². The Morgan fingerprint density at radius 2 is 2.54 bits per heavy atom. The van der Waals surface area contributed by atoms with Gasteiger partial charge in [0, 0.05) is 18.7 Å². The van der Waals surface area contributed by atoms with Crippen LogP contribution in [0.25, 0.3) is 0 Å². The molecule has 70 valence electrons. The molecule has 1 aromatic heterocycles. The largest absolute Gasteiger partial charge is 0.368 e. The van der Waals surface area contributed by atoms with E-state index >= 15 is 0 Å². The molecule has 0 atom stereocenters. The number of nitrogens with two attached hydrogens (primary N) is 1. The lowest BCUT2D eigenvalue weighted by molar-refractivity contribution is -0.115. The van der Waals surface area contributed by atoms with E-state index in [1.807, 2.05) is 0 Å². The summed E-state index contributed by atoms with van der Waals surface area (Å²) >= 11 is 0. The molecule has 1 aromatic rings. The van der Waals surface area contributed by atoms with Crippen LogP contribution in [0.1, 0.15) is 13.3 Å². The summed E-state index contributed by atoms with van der Waals surface area (Å²) in [7, 11) is 0. The lowest BCUT2D eigenvalue weighted by Gasteiger charge is -1.97. The third-order valence-corrected chi connectivity index (χ3v) is 1.42. The SMILES string of the molecule is CCC(=O)Nc1ccn(C(=N)N)n1. The molecular weight excluding hydrogens is 170 g/mol. The maximum Gasteiger partial charge on any atom is 0.225 e. The molecule has 0 spiro atoms. The fourth-order valence-electron chi connectivity index (χ4n) is 0.756. The van der Waals surface area contributed by atoms with Gasteiger partial charge < -0.3 is 11.1 Å². The Morgan fingerprint density at radius 1 is 1.85 bits per heavy atom. The standard InChI is InChI=1S/C7H11N5O/c1-2-6(13)10-5-3-4-12(11-5)7(8)9/h3-4H,2H2,1H3,(H3,8,9)(H,10,11,13). The van der Waals surface area contributed by atoms with E-state index in [1.165, 1.54) is 10.9 Å². The van der Waals surface area contributed by atoms with Crippen LogP contribution in [0, 0.1) is 5.41 Å². The minimum absolute atomic E-state index is 0.117. The van der Waals surface area contributed by atoms with Crippen molar-refractivity contribution >= 4 is 17.7 Å². The molecule has 13 heavy (non-hydrogen) atoms. The number of hydrogen-bond donors (Lipinski definition) is 3. The maximum atomic E-state index is 10.9. The molecule has 0 aliphatic rings. The molecule has 4 N–H and O–H groups in total. The van der Waals surface area contributed by atoms with E-state index in [0.717, 1.165) is 0 Å². The van der Waals surface area contributed by atoms with Crippen molar-refractivity contribution in [3.05, 3.63) is 12.3 Å². The number of aromatic nitrogens is 2. The van der Waals surface area contributed by atoms with E-state index in [1.54, 1.807) is 13.0 Å². The van der Waals surface area contributed by atoms with Crippen LogP contribution in [0.5, 0.6) is 0 Å². The first-order chi connectivity index (χ1) is 6.13. The molecule has 6 nitrogen and oxygen atoms in total. The summed E-state index contributed by atoms with van der Waals surface area (Å²) in [5.74, 6) is 0.104. The maximum absolute atomic E-state index is 10.9. The van der Waals surface area contributed by atoms with Crippen LogP contribution in [-0.2, 0) is 4.79 Å². The molecule has 1 rings (SSSR count). The van der Waals surface area contributed by atoms with Crippen LogP contribution < -0.4 is 11.1 Å². The highest BCUT2D eigenvalue weighted by molar-refractivity contribution is 5.89. The minimum atomic E-state index is -0.183. The van der Waals surface area contributed by atoms with E-state index in [2.05, 4.69) is 10.4 Å². The smallest absolute Gasteiger partial charge is 0.225 e. The third-order valence-electron chi connectivity index (χ3n) is 1.42. The number of nitrogens with one attached hydrogen (secondary N) is 2. The predicted octanol–water partition coefficient (Wildman–Crippen LogP) is -0.0268. The topological polar surface area (TPSA) is 96.8 Å². The van der Waals surface area contributed by atoms with Gasteiger partial charge in [0.15, 0.2) is 5.82 Å². The zero-order valence-corrected chi connectivity index (χ0v) is 7.24. The molecule has 0 radical (unpaired) electrons. The first-order valence-corrected chi connectivity index (χ1v) is 3.83. The van der Waals surface area contributed by atoms with E-state index in [9.17, 15) is 4.79 Å². The van der Waals surface area contributed by atoms with Crippen molar-refractivity contribution in [3.8, 4) is 0 Å². The molecule has 0 aliphatic carbocycles. The summed E-state index contributed by atoms with van der Waals surface area (Å²) < 4.78 is 1.17. The van der Waals surface area contributed by atoms with Gasteiger partial charge >= 0.3 is 0 Å².